The molecule has 0 aromatic heterocycles. The van der Waals surface area contributed by atoms with Crippen molar-refractivity contribution < 1.29 is 4.79 Å². The molecule has 0 bridgehead atoms. The molecule has 1 aliphatic heterocycles. The maximum Gasteiger partial charge on any atom is 0.254 e. The number of likely N-dealkylation sites (tertiary alicyclic amines) is 1. The van der Waals surface area contributed by atoms with Crippen LogP contribution in [0, 0.1) is 11.8 Å². The third kappa shape index (κ3) is 2.77. The first kappa shape index (κ1) is 13.6. The minimum Gasteiger partial charge on any atom is -0.335 e. The minimum absolute atomic E-state index is 0.155. The smallest absolute Gasteiger partial charge is 0.254 e. The van der Waals surface area contributed by atoms with Crippen molar-refractivity contribution >= 4 is 21.8 Å². The Labute approximate surface area is 117 Å². The molecule has 1 saturated heterocycles. The molecule has 1 aliphatic rings. The zero-order valence-corrected chi connectivity index (χ0v) is 12.8. The minimum atomic E-state index is 0.155. The summed E-state index contributed by atoms with van der Waals surface area (Å²) in [5.41, 5.74) is 0.775. The predicted molar refractivity (Wildman–Crippen MR) is 77.6 cm³/mol. The molecule has 1 aromatic carbocycles. The summed E-state index contributed by atoms with van der Waals surface area (Å²) in [6.07, 6.45) is 1.21. The Morgan fingerprint density at radius 1 is 1.33 bits per heavy atom. The molecule has 3 heteroatoms. The van der Waals surface area contributed by atoms with Gasteiger partial charge in [0.25, 0.3) is 5.91 Å². The lowest BCUT2D eigenvalue weighted by atomic mass is 9.85. The maximum atomic E-state index is 12.6. The van der Waals surface area contributed by atoms with Gasteiger partial charge in [-0.05, 0) is 43.4 Å². The SMILES string of the molecule is CC1CC(C)C(C)N(C(=O)c2cccc(Br)c2)C1. The van der Waals surface area contributed by atoms with E-state index in [1.807, 2.05) is 29.2 Å². The number of benzene rings is 1. The summed E-state index contributed by atoms with van der Waals surface area (Å²) >= 11 is 3.42. The van der Waals surface area contributed by atoms with Crippen molar-refractivity contribution in [3.63, 3.8) is 0 Å². The highest BCUT2D eigenvalue weighted by atomic mass is 79.9. The van der Waals surface area contributed by atoms with Crippen molar-refractivity contribution in [3.05, 3.63) is 34.3 Å². The van der Waals surface area contributed by atoms with Gasteiger partial charge in [-0.15, -0.1) is 0 Å². The Bertz CT molecular complexity index is 446. The molecule has 1 amide bonds. The molecule has 18 heavy (non-hydrogen) atoms. The highest BCUT2D eigenvalue weighted by Crippen LogP contribution is 2.28. The lowest BCUT2D eigenvalue weighted by molar-refractivity contribution is 0.0455. The Kier molecular flexibility index (Phi) is 4.10. The number of carbonyl (C=O) groups excluding carboxylic acids is 1. The van der Waals surface area contributed by atoms with Crippen LogP contribution < -0.4 is 0 Å². The monoisotopic (exact) mass is 309 g/mol. The van der Waals surface area contributed by atoms with Crippen molar-refractivity contribution in [1.29, 1.82) is 0 Å². The van der Waals surface area contributed by atoms with Crippen LogP contribution in [0.4, 0.5) is 0 Å². The highest BCUT2D eigenvalue weighted by Gasteiger charge is 2.32. The lowest BCUT2D eigenvalue weighted by Gasteiger charge is -2.41. The van der Waals surface area contributed by atoms with Crippen LogP contribution in [0.5, 0.6) is 0 Å². The van der Waals surface area contributed by atoms with Gasteiger partial charge in [-0.25, -0.2) is 0 Å². The zero-order chi connectivity index (χ0) is 13.3. The number of amides is 1. The molecule has 98 valence electrons. The van der Waals surface area contributed by atoms with Gasteiger partial charge in [0, 0.05) is 22.6 Å². The molecule has 2 rings (SSSR count). The van der Waals surface area contributed by atoms with Gasteiger partial charge in [-0.1, -0.05) is 35.8 Å². The largest absolute Gasteiger partial charge is 0.335 e. The number of nitrogens with zero attached hydrogens (tertiary/aromatic N) is 1. The molecule has 3 atom stereocenters. The normalized spacial score (nSPS) is 28.2. The lowest BCUT2D eigenvalue weighted by Crippen LogP contribution is -2.48. The average Bonchev–Trinajstić information content (AvgIpc) is 2.33. The number of piperidine rings is 1. The summed E-state index contributed by atoms with van der Waals surface area (Å²) in [5, 5.41) is 0. The molecule has 0 spiro atoms. The predicted octanol–water partition coefficient (Wildman–Crippen LogP) is 3.96. The summed E-state index contributed by atoms with van der Waals surface area (Å²) in [5.74, 6) is 1.32. The number of halogens is 1. The Hall–Kier alpha value is -0.830. The molecule has 2 nitrogen and oxygen atoms in total. The standard InChI is InChI=1S/C15H20BrNO/c1-10-7-11(2)12(3)17(9-10)15(18)13-5-4-6-14(16)8-13/h4-6,8,10-12H,7,9H2,1-3H3. The molecule has 0 radical (unpaired) electrons. The third-order valence-corrected chi connectivity index (χ3v) is 4.42. The molecule has 1 fully saturated rings. The van der Waals surface area contributed by atoms with Crippen LogP contribution in [0.1, 0.15) is 37.6 Å². The molecular formula is C15H20BrNO. The van der Waals surface area contributed by atoms with Crippen molar-refractivity contribution in [2.24, 2.45) is 11.8 Å². The molecule has 0 N–H and O–H groups in total. The van der Waals surface area contributed by atoms with Crippen molar-refractivity contribution in [2.75, 3.05) is 6.54 Å². The van der Waals surface area contributed by atoms with Crippen LogP contribution in [-0.4, -0.2) is 23.4 Å². The fourth-order valence-corrected chi connectivity index (χ4v) is 3.17. The second-order valence-electron chi connectivity index (χ2n) is 5.53. The van der Waals surface area contributed by atoms with Crippen LogP contribution in [-0.2, 0) is 0 Å². The van der Waals surface area contributed by atoms with Crippen molar-refractivity contribution in [2.45, 2.75) is 33.2 Å². The first-order valence-corrected chi connectivity index (χ1v) is 7.35. The van der Waals surface area contributed by atoms with Gasteiger partial charge >= 0.3 is 0 Å². The van der Waals surface area contributed by atoms with Crippen LogP contribution >= 0.6 is 15.9 Å². The van der Waals surface area contributed by atoms with Gasteiger partial charge < -0.3 is 4.90 Å². The molecule has 0 aliphatic carbocycles. The van der Waals surface area contributed by atoms with Gasteiger partial charge in [-0.2, -0.15) is 0 Å². The van der Waals surface area contributed by atoms with Gasteiger partial charge in [0.2, 0.25) is 0 Å². The quantitative estimate of drug-likeness (QED) is 0.769. The topological polar surface area (TPSA) is 20.3 Å². The fourth-order valence-electron chi connectivity index (χ4n) is 2.77. The van der Waals surface area contributed by atoms with E-state index in [1.165, 1.54) is 6.42 Å². The highest BCUT2D eigenvalue weighted by molar-refractivity contribution is 9.10. The fraction of sp³-hybridized carbons (Fsp3) is 0.533. The number of hydrogen-bond donors (Lipinski definition) is 0. The van der Waals surface area contributed by atoms with Gasteiger partial charge in [0.05, 0.1) is 0 Å². The number of carbonyl (C=O) groups is 1. The third-order valence-electron chi connectivity index (χ3n) is 3.93. The summed E-state index contributed by atoms with van der Waals surface area (Å²) in [7, 11) is 0. The van der Waals surface area contributed by atoms with E-state index in [0.717, 1.165) is 16.6 Å². The Morgan fingerprint density at radius 3 is 2.72 bits per heavy atom. The van der Waals surface area contributed by atoms with Crippen molar-refractivity contribution in [1.82, 2.24) is 4.90 Å². The van der Waals surface area contributed by atoms with E-state index in [4.69, 9.17) is 0 Å². The van der Waals surface area contributed by atoms with E-state index in [2.05, 4.69) is 36.7 Å². The van der Waals surface area contributed by atoms with E-state index in [1.54, 1.807) is 0 Å². The van der Waals surface area contributed by atoms with E-state index in [9.17, 15) is 4.79 Å². The summed E-state index contributed by atoms with van der Waals surface area (Å²) < 4.78 is 0.958. The summed E-state index contributed by atoms with van der Waals surface area (Å²) in [6.45, 7) is 7.49. The molecule has 1 aromatic rings. The van der Waals surface area contributed by atoms with Crippen LogP contribution in [0.2, 0.25) is 0 Å². The Morgan fingerprint density at radius 2 is 2.06 bits per heavy atom. The zero-order valence-electron chi connectivity index (χ0n) is 11.2. The maximum absolute atomic E-state index is 12.6. The van der Waals surface area contributed by atoms with Gasteiger partial charge in [-0.3, -0.25) is 4.79 Å². The number of hydrogen-bond acceptors (Lipinski definition) is 1. The van der Waals surface area contributed by atoms with Gasteiger partial charge in [0.1, 0.15) is 0 Å². The first-order chi connectivity index (χ1) is 8.49. The average molecular weight is 310 g/mol. The van der Waals surface area contributed by atoms with Crippen molar-refractivity contribution in [3.8, 4) is 0 Å². The summed E-state index contributed by atoms with van der Waals surface area (Å²) in [4.78, 5) is 14.6. The molecular weight excluding hydrogens is 290 g/mol. The van der Waals surface area contributed by atoms with Crippen LogP contribution in [0.3, 0.4) is 0 Å². The van der Waals surface area contributed by atoms with E-state index in [-0.39, 0.29) is 5.91 Å². The molecule has 0 saturated carbocycles. The molecule has 1 heterocycles. The van der Waals surface area contributed by atoms with E-state index < -0.39 is 0 Å². The van der Waals surface area contributed by atoms with Crippen LogP contribution in [0.25, 0.3) is 0 Å². The second kappa shape index (κ2) is 5.43. The first-order valence-electron chi connectivity index (χ1n) is 6.55. The molecule has 3 unspecified atom stereocenters. The van der Waals surface area contributed by atoms with Gasteiger partial charge in [0.15, 0.2) is 0 Å². The van der Waals surface area contributed by atoms with E-state index in [0.29, 0.717) is 17.9 Å². The van der Waals surface area contributed by atoms with E-state index >= 15 is 0 Å². The number of rotatable bonds is 1. The second-order valence-corrected chi connectivity index (χ2v) is 6.44. The van der Waals surface area contributed by atoms with Crippen LogP contribution in [0.15, 0.2) is 28.7 Å². The Balaban J connectivity index is 2.22. The summed E-state index contributed by atoms with van der Waals surface area (Å²) in [6, 6.07) is 7.98.